The molecule has 3 rings (SSSR count). The third-order valence-electron chi connectivity index (χ3n) is 4.36. The topological polar surface area (TPSA) is 58.4 Å². The Bertz CT molecular complexity index is 911. The summed E-state index contributed by atoms with van der Waals surface area (Å²) >= 11 is 0. The number of nitrogens with zero attached hydrogens (tertiary/aromatic N) is 2. The first-order chi connectivity index (χ1) is 13.3. The lowest BCUT2D eigenvalue weighted by molar-refractivity contribution is 0.641. The molecule has 2 aromatic carbocycles. The highest BCUT2D eigenvalue weighted by atomic mass is 127. The van der Waals surface area contributed by atoms with E-state index in [-0.39, 0.29) is 24.0 Å². The number of para-hydroxylation sites is 1. The van der Waals surface area contributed by atoms with Gasteiger partial charge in [0.05, 0.1) is 10.8 Å². The van der Waals surface area contributed by atoms with Crippen LogP contribution in [0.15, 0.2) is 76.7 Å². The Morgan fingerprint density at radius 2 is 1.71 bits per heavy atom. The van der Waals surface area contributed by atoms with Gasteiger partial charge in [0.15, 0.2) is 5.96 Å². The summed E-state index contributed by atoms with van der Waals surface area (Å²) in [7, 11) is 0.761. The van der Waals surface area contributed by atoms with Crippen LogP contribution >= 0.6 is 24.0 Å². The molecule has 1 aromatic heterocycles. The van der Waals surface area contributed by atoms with E-state index in [9.17, 15) is 4.21 Å². The molecule has 0 aliphatic heterocycles. The molecule has 0 saturated heterocycles. The fraction of sp³-hybridized carbons (Fsp3) is 0.286. The number of aryl methyl sites for hydroxylation is 1. The molecule has 28 heavy (non-hydrogen) atoms. The van der Waals surface area contributed by atoms with Crippen molar-refractivity contribution < 1.29 is 4.21 Å². The number of fused-ring (bicyclic) bond motifs is 1. The third kappa shape index (κ3) is 6.34. The van der Waals surface area contributed by atoms with Crippen LogP contribution in [0.2, 0.25) is 0 Å². The van der Waals surface area contributed by atoms with Gasteiger partial charge >= 0.3 is 0 Å². The number of aromatic nitrogens is 1. The first-order valence-corrected chi connectivity index (χ1v) is 10.5. The number of benzene rings is 2. The SMILES string of the molecule is CN=C(NCCCn1ccc2ccccc21)NCCS(=O)c1ccccc1.I. The van der Waals surface area contributed by atoms with Crippen molar-refractivity contribution in [3.05, 3.63) is 66.9 Å². The minimum atomic E-state index is -0.992. The average Bonchev–Trinajstić information content (AvgIpc) is 3.13. The molecule has 1 atom stereocenters. The quantitative estimate of drug-likeness (QED) is 0.211. The maximum Gasteiger partial charge on any atom is 0.191 e. The Balaban J connectivity index is 0.00000280. The summed E-state index contributed by atoms with van der Waals surface area (Å²) in [5.41, 5.74) is 1.27. The maximum absolute atomic E-state index is 12.2. The second kappa shape index (κ2) is 11.9. The second-order valence-electron chi connectivity index (χ2n) is 6.21. The van der Waals surface area contributed by atoms with Crippen molar-refractivity contribution in [2.75, 3.05) is 25.9 Å². The summed E-state index contributed by atoms with van der Waals surface area (Å²) in [6.07, 6.45) is 3.13. The molecule has 0 amide bonds. The van der Waals surface area contributed by atoms with Crippen molar-refractivity contribution in [3.63, 3.8) is 0 Å². The van der Waals surface area contributed by atoms with Crippen molar-refractivity contribution in [3.8, 4) is 0 Å². The van der Waals surface area contributed by atoms with Gasteiger partial charge in [-0.05, 0) is 36.1 Å². The van der Waals surface area contributed by atoms with Gasteiger partial charge in [0.1, 0.15) is 0 Å². The summed E-state index contributed by atoms with van der Waals surface area (Å²) in [5, 5.41) is 7.82. The summed E-state index contributed by atoms with van der Waals surface area (Å²) < 4.78 is 14.5. The number of guanidine groups is 1. The molecule has 150 valence electrons. The van der Waals surface area contributed by atoms with Gasteiger partial charge in [0.2, 0.25) is 0 Å². The molecule has 3 aromatic rings. The lowest BCUT2D eigenvalue weighted by Gasteiger charge is -2.12. The molecule has 1 unspecified atom stereocenters. The minimum absolute atomic E-state index is 0. The maximum atomic E-state index is 12.2. The van der Waals surface area contributed by atoms with Crippen LogP contribution in [0.3, 0.4) is 0 Å². The largest absolute Gasteiger partial charge is 0.356 e. The van der Waals surface area contributed by atoms with E-state index in [0.717, 1.165) is 30.4 Å². The van der Waals surface area contributed by atoms with E-state index in [0.29, 0.717) is 12.3 Å². The average molecular weight is 510 g/mol. The molecule has 0 aliphatic carbocycles. The van der Waals surface area contributed by atoms with Gasteiger partial charge in [-0.2, -0.15) is 0 Å². The Hall–Kier alpha value is -1.87. The first-order valence-electron chi connectivity index (χ1n) is 9.20. The molecule has 0 saturated carbocycles. The third-order valence-corrected chi connectivity index (χ3v) is 5.73. The molecule has 0 aliphatic rings. The smallest absolute Gasteiger partial charge is 0.191 e. The normalized spacial score (nSPS) is 12.4. The highest BCUT2D eigenvalue weighted by Gasteiger charge is 2.04. The van der Waals surface area contributed by atoms with Crippen LogP contribution in [0.25, 0.3) is 10.9 Å². The zero-order valence-corrected chi connectivity index (χ0v) is 19.2. The predicted molar refractivity (Wildman–Crippen MR) is 129 cm³/mol. The summed E-state index contributed by atoms with van der Waals surface area (Å²) in [4.78, 5) is 5.09. The molecule has 1 heterocycles. The minimum Gasteiger partial charge on any atom is -0.356 e. The van der Waals surface area contributed by atoms with Gasteiger partial charge in [-0.3, -0.25) is 9.20 Å². The molecular weight excluding hydrogens is 483 g/mol. The van der Waals surface area contributed by atoms with Gasteiger partial charge in [-0.15, -0.1) is 24.0 Å². The fourth-order valence-electron chi connectivity index (χ4n) is 2.96. The number of hydrogen-bond donors (Lipinski definition) is 2. The Kier molecular flexibility index (Phi) is 9.49. The van der Waals surface area contributed by atoms with E-state index in [2.05, 4.69) is 56.7 Å². The van der Waals surface area contributed by atoms with Gasteiger partial charge in [0.25, 0.3) is 0 Å². The van der Waals surface area contributed by atoms with Crippen LogP contribution in [0.1, 0.15) is 6.42 Å². The van der Waals surface area contributed by atoms with Crippen LogP contribution < -0.4 is 10.6 Å². The molecule has 0 spiro atoms. The molecule has 2 N–H and O–H groups in total. The molecule has 7 heteroatoms. The highest BCUT2D eigenvalue weighted by molar-refractivity contribution is 14.0. The Morgan fingerprint density at radius 3 is 2.50 bits per heavy atom. The molecule has 0 fully saturated rings. The highest BCUT2D eigenvalue weighted by Crippen LogP contribution is 2.15. The van der Waals surface area contributed by atoms with E-state index in [1.54, 1.807) is 7.05 Å². The van der Waals surface area contributed by atoms with E-state index >= 15 is 0 Å². The number of hydrogen-bond acceptors (Lipinski definition) is 2. The lowest BCUT2D eigenvalue weighted by Crippen LogP contribution is -2.39. The molecule has 5 nitrogen and oxygen atoms in total. The second-order valence-corrected chi connectivity index (χ2v) is 7.78. The van der Waals surface area contributed by atoms with Gasteiger partial charge in [-0.25, -0.2) is 0 Å². The summed E-state index contributed by atoms with van der Waals surface area (Å²) in [6.45, 7) is 2.40. The monoisotopic (exact) mass is 510 g/mol. The van der Waals surface area contributed by atoms with Crippen LogP contribution in [0.5, 0.6) is 0 Å². The van der Waals surface area contributed by atoms with Crippen molar-refractivity contribution in [1.82, 2.24) is 15.2 Å². The van der Waals surface area contributed by atoms with E-state index in [1.165, 1.54) is 10.9 Å². The van der Waals surface area contributed by atoms with Crippen LogP contribution in [-0.2, 0) is 17.3 Å². The summed E-state index contributed by atoms with van der Waals surface area (Å²) in [5.74, 6) is 1.30. The van der Waals surface area contributed by atoms with Crippen LogP contribution in [-0.4, -0.2) is 40.6 Å². The standard InChI is InChI=1S/C21H26N4OS.HI/c1-22-21(24-14-17-27(26)19-9-3-2-4-10-19)23-13-7-15-25-16-12-18-8-5-6-11-20(18)25;/h2-6,8-12,16H,7,13-15,17H2,1H3,(H2,22,23,24);1H. The van der Waals surface area contributed by atoms with E-state index in [4.69, 9.17) is 0 Å². The van der Waals surface area contributed by atoms with Crippen LogP contribution in [0, 0.1) is 0 Å². The van der Waals surface area contributed by atoms with Gasteiger partial charge in [-0.1, -0.05) is 36.4 Å². The predicted octanol–water partition coefficient (Wildman–Crippen LogP) is 3.62. The van der Waals surface area contributed by atoms with Crippen molar-refractivity contribution >= 4 is 51.6 Å². The van der Waals surface area contributed by atoms with Gasteiger partial charge < -0.3 is 15.2 Å². The summed E-state index contributed by atoms with van der Waals surface area (Å²) in [6, 6.07) is 20.1. The number of aliphatic imine (C=N–C) groups is 1. The van der Waals surface area contributed by atoms with Crippen molar-refractivity contribution in [2.45, 2.75) is 17.9 Å². The van der Waals surface area contributed by atoms with E-state index in [1.807, 2.05) is 30.3 Å². The molecular formula is C21H27IN4OS. The lowest BCUT2D eigenvalue weighted by atomic mass is 10.2. The zero-order valence-electron chi connectivity index (χ0n) is 16.0. The number of nitrogens with one attached hydrogen (secondary N) is 2. The van der Waals surface area contributed by atoms with Crippen molar-refractivity contribution in [1.29, 1.82) is 0 Å². The molecule has 0 radical (unpaired) electrons. The van der Waals surface area contributed by atoms with E-state index < -0.39 is 10.8 Å². The Morgan fingerprint density at radius 1 is 1.00 bits per heavy atom. The van der Waals surface area contributed by atoms with Gasteiger partial charge in [0, 0.05) is 49.0 Å². The number of halogens is 1. The fourth-order valence-corrected chi connectivity index (χ4v) is 3.95. The zero-order chi connectivity index (χ0) is 18.9. The van der Waals surface area contributed by atoms with Crippen LogP contribution in [0.4, 0.5) is 0 Å². The van der Waals surface area contributed by atoms with Crippen molar-refractivity contribution in [2.24, 2.45) is 4.99 Å². The first kappa shape index (κ1) is 22.4. The number of rotatable bonds is 8. The molecule has 0 bridgehead atoms. The Labute approximate surface area is 186 Å².